The van der Waals surface area contributed by atoms with Crippen molar-refractivity contribution >= 4 is 0 Å². The molecular formula is C25H26N4. The minimum Gasteiger partial charge on any atom is -0.265 e. The fourth-order valence-electron chi connectivity index (χ4n) is 2.98. The van der Waals surface area contributed by atoms with Crippen LogP contribution in [0, 0.1) is 0 Å². The molecule has 0 aliphatic carbocycles. The van der Waals surface area contributed by atoms with E-state index in [1.54, 1.807) is 0 Å². The van der Waals surface area contributed by atoms with E-state index >= 15 is 0 Å². The summed E-state index contributed by atoms with van der Waals surface area (Å²) in [6, 6.07) is 16.5. The molecule has 29 heavy (non-hydrogen) atoms. The van der Waals surface area contributed by atoms with E-state index in [2.05, 4.69) is 68.5 Å². The van der Waals surface area contributed by atoms with Crippen LogP contribution in [0.4, 0.5) is 0 Å². The highest BCUT2D eigenvalue weighted by atomic mass is 14.6. The molecule has 0 amide bonds. The molecule has 0 radical (unpaired) electrons. The Morgan fingerprint density at radius 2 is 0.586 bits per heavy atom. The first-order valence-electron chi connectivity index (χ1n) is 9.96. The summed E-state index contributed by atoms with van der Waals surface area (Å²) in [4.78, 5) is 16.0. The van der Waals surface area contributed by atoms with Gasteiger partial charge in [-0.05, 0) is 103 Å². The van der Waals surface area contributed by atoms with Crippen LogP contribution in [0.1, 0.15) is 28.7 Å². The van der Waals surface area contributed by atoms with Gasteiger partial charge in [0.25, 0.3) is 0 Å². The predicted octanol–water partition coefficient (Wildman–Crippen LogP) is 4.91. The lowest BCUT2D eigenvalue weighted by Crippen LogP contribution is -1.91. The van der Waals surface area contributed by atoms with Gasteiger partial charge in [-0.15, -0.1) is 0 Å². The molecule has 0 atom stereocenters. The summed E-state index contributed by atoms with van der Waals surface area (Å²) in [6.45, 7) is 0. The summed E-state index contributed by atoms with van der Waals surface area (Å²) in [6.07, 6.45) is 20.3. The molecule has 0 saturated carbocycles. The summed E-state index contributed by atoms with van der Waals surface area (Å²) in [5.74, 6) is 0. The lowest BCUT2D eigenvalue weighted by molar-refractivity contribution is 0.818. The zero-order valence-electron chi connectivity index (χ0n) is 16.6. The Kier molecular flexibility index (Phi) is 8.51. The van der Waals surface area contributed by atoms with Crippen molar-refractivity contribution in [3.8, 4) is 0 Å². The molecular weight excluding hydrogens is 356 g/mol. The van der Waals surface area contributed by atoms with Crippen molar-refractivity contribution in [1.82, 2.24) is 19.9 Å². The SMILES string of the molecule is c1cc(CCCc2ccncc2)ccn1.c1cc(CCc2ccncc2)ccn1. The van der Waals surface area contributed by atoms with Crippen molar-refractivity contribution < 1.29 is 0 Å². The van der Waals surface area contributed by atoms with Crippen molar-refractivity contribution in [3.63, 3.8) is 0 Å². The molecule has 0 aliphatic heterocycles. The average Bonchev–Trinajstić information content (AvgIpc) is 2.81. The highest BCUT2D eigenvalue weighted by Gasteiger charge is 1.95. The predicted molar refractivity (Wildman–Crippen MR) is 116 cm³/mol. The van der Waals surface area contributed by atoms with Crippen LogP contribution in [0.15, 0.2) is 98.1 Å². The van der Waals surface area contributed by atoms with Crippen molar-refractivity contribution in [2.24, 2.45) is 0 Å². The van der Waals surface area contributed by atoms with E-state index in [-0.39, 0.29) is 0 Å². The first-order valence-corrected chi connectivity index (χ1v) is 9.96. The molecule has 0 saturated heterocycles. The van der Waals surface area contributed by atoms with E-state index in [4.69, 9.17) is 0 Å². The van der Waals surface area contributed by atoms with Crippen LogP contribution in [0.25, 0.3) is 0 Å². The van der Waals surface area contributed by atoms with E-state index in [1.807, 2.05) is 49.6 Å². The van der Waals surface area contributed by atoms with Crippen LogP contribution in [0.5, 0.6) is 0 Å². The normalized spacial score (nSPS) is 10.1. The number of pyridine rings is 4. The third-order valence-corrected chi connectivity index (χ3v) is 4.63. The number of rotatable bonds is 7. The second-order valence-corrected chi connectivity index (χ2v) is 6.78. The molecule has 4 nitrogen and oxygen atoms in total. The number of hydrogen-bond donors (Lipinski definition) is 0. The molecule has 0 fully saturated rings. The van der Waals surface area contributed by atoms with Crippen molar-refractivity contribution in [3.05, 3.63) is 120 Å². The summed E-state index contributed by atoms with van der Waals surface area (Å²) < 4.78 is 0. The van der Waals surface area contributed by atoms with Crippen LogP contribution >= 0.6 is 0 Å². The van der Waals surface area contributed by atoms with Crippen LogP contribution in [-0.2, 0) is 25.7 Å². The molecule has 4 rings (SSSR count). The van der Waals surface area contributed by atoms with E-state index in [1.165, 1.54) is 28.7 Å². The topological polar surface area (TPSA) is 51.6 Å². The van der Waals surface area contributed by atoms with E-state index in [0.717, 1.165) is 25.7 Å². The Morgan fingerprint density at radius 1 is 0.345 bits per heavy atom. The molecule has 0 aliphatic rings. The van der Waals surface area contributed by atoms with Crippen LogP contribution in [-0.4, -0.2) is 19.9 Å². The summed E-state index contributed by atoms with van der Waals surface area (Å²) in [5.41, 5.74) is 5.38. The van der Waals surface area contributed by atoms with Gasteiger partial charge in [0, 0.05) is 49.6 Å². The van der Waals surface area contributed by atoms with Gasteiger partial charge in [-0.3, -0.25) is 19.9 Å². The molecule has 0 N–H and O–H groups in total. The summed E-state index contributed by atoms with van der Waals surface area (Å²) in [7, 11) is 0. The number of hydrogen-bond acceptors (Lipinski definition) is 4. The average molecular weight is 383 g/mol. The van der Waals surface area contributed by atoms with Gasteiger partial charge in [0.1, 0.15) is 0 Å². The summed E-state index contributed by atoms with van der Waals surface area (Å²) >= 11 is 0. The third-order valence-electron chi connectivity index (χ3n) is 4.63. The fourth-order valence-corrected chi connectivity index (χ4v) is 2.98. The lowest BCUT2D eigenvalue weighted by atomic mass is 10.1. The van der Waals surface area contributed by atoms with Crippen molar-refractivity contribution in [2.75, 3.05) is 0 Å². The maximum absolute atomic E-state index is 4.00. The zero-order chi connectivity index (χ0) is 20.0. The second-order valence-electron chi connectivity index (χ2n) is 6.78. The highest BCUT2D eigenvalue weighted by Crippen LogP contribution is 2.06. The second kappa shape index (κ2) is 12.1. The van der Waals surface area contributed by atoms with Crippen LogP contribution in [0.3, 0.4) is 0 Å². The van der Waals surface area contributed by atoms with Gasteiger partial charge in [-0.25, -0.2) is 0 Å². The van der Waals surface area contributed by atoms with Crippen LogP contribution < -0.4 is 0 Å². The van der Waals surface area contributed by atoms with Gasteiger partial charge >= 0.3 is 0 Å². The minimum atomic E-state index is 1.06. The van der Waals surface area contributed by atoms with Crippen LogP contribution in [0.2, 0.25) is 0 Å². The third kappa shape index (κ3) is 8.01. The Hall–Kier alpha value is -3.40. The molecule has 4 heterocycles. The highest BCUT2D eigenvalue weighted by molar-refractivity contribution is 5.16. The number of aryl methyl sites for hydroxylation is 4. The van der Waals surface area contributed by atoms with Gasteiger partial charge in [-0.1, -0.05) is 0 Å². The quantitative estimate of drug-likeness (QED) is 0.455. The van der Waals surface area contributed by atoms with E-state index < -0.39 is 0 Å². The first kappa shape index (κ1) is 20.3. The molecule has 0 spiro atoms. The standard InChI is InChI=1S/C13H14N2.C12H12N2/c1(2-12-4-8-14-9-5-12)3-13-6-10-15-11-7-13;1(11-3-7-13-8-4-11)2-12-5-9-14-10-6-12/h4-11H,1-3H2;3-10H,1-2H2. The maximum atomic E-state index is 4.00. The van der Waals surface area contributed by atoms with Gasteiger partial charge in [0.15, 0.2) is 0 Å². The maximum Gasteiger partial charge on any atom is 0.0270 e. The lowest BCUT2D eigenvalue weighted by Gasteiger charge is -2.01. The Balaban J connectivity index is 0.000000166. The van der Waals surface area contributed by atoms with Crippen molar-refractivity contribution in [2.45, 2.75) is 32.1 Å². The smallest absolute Gasteiger partial charge is 0.0270 e. The monoisotopic (exact) mass is 382 g/mol. The van der Waals surface area contributed by atoms with Gasteiger partial charge in [0.05, 0.1) is 0 Å². The fraction of sp³-hybridized carbons (Fsp3) is 0.200. The zero-order valence-corrected chi connectivity index (χ0v) is 16.6. The Labute approximate surface area is 172 Å². The molecule has 0 unspecified atom stereocenters. The first-order chi connectivity index (χ1) is 14.4. The van der Waals surface area contributed by atoms with Gasteiger partial charge < -0.3 is 0 Å². The van der Waals surface area contributed by atoms with Gasteiger partial charge in [-0.2, -0.15) is 0 Å². The molecule has 4 aromatic heterocycles. The molecule has 0 aromatic carbocycles. The molecule has 4 heteroatoms. The summed E-state index contributed by atoms with van der Waals surface area (Å²) in [5, 5.41) is 0. The Bertz CT molecular complexity index is 835. The van der Waals surface area contributed by atoms with E-state index in [9.17, 15) is 0 Å². The van der Waals surface area contributed by atoms with E-state index in [0.29, 0.717) is 0 Å². The largest absolute Gasteiger partial charge is 0.265 e. The van der Waals surface area contributed by atoms with Crippen molar-refractivity contribution in [1.29, 1.82) is 0 Å². The Morgan fingerprint density at radius 3 is 0.862 bits per heavy atom. The molecule has 146 valence electrons. The minimum absolute atomic E-state index is 1.06. The van der Waals surface area contributed by atoms with Gasteiger partial charge in [0.2, 0.25) is 0 Å². The molecule has 0 bridgehead atoms. The molecule has 4 aromatic rings. The number of nitrogens with zero attached hydrogens (tertiary/aromatic N) is 4. The number of aromatic nitrogens is 4.